The van der Waals surface area contributed by atoms with Crippen LogP contribution in [0.1, 0.15) is 11.1 Å². The quantitative estimate of drug-likeness (QED) is 0.173. The third kappa shape index (κ3) is 5.98. The lowest BCUT2D eigenvalue weighted by Gasteiger charge is -2.27. The van der Waals surface area contributed by atoms with Crippen LogP contribution in [0.15, 0.2) is 260 Å². The van der Waals surface area contributed by atoms with E-state index < -0.39 is 0 Å². The molecule has 0 amide bonds. The molecule has 10 heteroatoms. The summed E-state index contributed by atoms with van der Waals surface area (Å²) in [7, 11) is 0. The Balaban J connectivity index is 1.06. The minimum absolute atomic E-state index is 0.333. The topological polar surface area (TPSA) is 120 Å². The molecule has 0 aliphatic rings. The van der Waals surface area contributed by atoms with Crippen LogP contribution in [0.2, 0.25) is 0 Å². The maximum Gasteiger partial charge on any atom is 0.136 e. The molecule has 414 valence electrons. The zero-order chi connectivity index (χ0) is 58.8. The molecule has 0 unspecified atom stereocenters. The second kappa shape index (κ2) is 17.0. The number of aromatic nitrogens is 4. The highest BCUT2D eigenvalue weighted by atomic mass is 16.3. The summed E-state index contributed by atoms with van der Waals surface area (Å²) in [6, 6.07) is 89.5. The first-order valence-electron chi connectivity index (χ1n) is 30.0. The van der Waals surface area contributed by atoms with Crippen LogP contribution in [-0.2, 0) is 0 Å². The molecule has 21 rings (SSSR count). The van der Waals surface area contributed by atoms with Crippen molar-refractivity contribution >= 4 is 175 Å². The van der Waals surface area contributed by atoms with Gasteiger partial charge in [0, 0.05) is 86.2 Å². The van der Waals surface area contributed by atoms with Crippen LogP contribution in [0.4, 0.5) is 0 Å². The lowest BCUT2D eigenvalue weighted by molar-refractivity contribution is 0.669. The minimum Gasteiger partial charge on any atom is -0.456 e. The van der Waals surface area contributed by atoms with E-state index in [2.05, 4.69) is 200 Å². The number of fused-ring (bicyclic) bond motifs is 24. The molecular formula is C80H40N6O4. The van der Waals surface area contributed by atoms with Gasteiger partial charge in [0.05, 0.1) is 66.9 Å². The SMILES string of the molecule is N#Cc1c(-n2c3ccccc3c3cc4oc5ccccc5c4cc32)c(-n2c3ccccc3c3cc4oc5ccccc5c4cc32)c(C#N)c(-n2c3ccccc3c3cc4oc5ccccc5c4cc32)c1-n1c2ccccc2c2cc3oc4ccccc4c3cc21. The van der Waals surface area contributed by atoms with Gasteiger partial charge < -0.3 is 35.9 Å². The lowest BCUT2D eigenvalue weighted by Crippen LogP contribution is -2.16. The van der Waals surface area contributed by atoms with E-state index in [4.69, 9.17) is 17.7 Å². The van der Waals surface area contributed by atoms with Gasteiger partial charge in [-0.25, -0.2) is 0 Å². The van der Waals surface area contributed by atoms with Crippen molar-refractivity contribution in [1.29, 1.82) is 10.5 Å². The Bertz CT molecular complexity index is 6130. The fourth-order valence-electron chi connectivity index (χ4n) is 15.5. The number of hydrogen-bond donors (Lipinski definition) is 0. The van der Waals surface area contributed by atoms with E-state index in [-0.39, 0.29) is 0 Å². The highest BCUT2D eigenvalue weighted by Crippen LogP contribution is 2.51. The maximum absolute atomic E-state index is 13.2. The zero-order valence-electron chi connectivity index (χ0n) is 47.4. The first-order chi connectivity index (χ1) is 44.6. The molecule has 0 aliphatic heterocycles. The van der Waals surface area contributed by atoms with Crippen molar-refractivity contribution in [3.63, 3.8) is 0 Å². The van der Waals surface area contributed by atoms with E-state index in [1.807, 2.05) is 72.8 Å². The average molecular weight is 1150 g/mol. The van der Waals surface area contributed by atoms with Gasteiger partial charge >= 0.3 is 0 Å². The van der Waals surface area contributed by atoms with E-state index >= 15 is 0 Å². The number of para-hydroxylation sites is 8. The van der Waals surface area contributed by atoms with Crippen LogP contribution < -0.4 is 0 Å². The van der Waals surface area contributed by atoms with Gasteiger partial charge in [0.15, 0.2) is 0 Å². The molecule has 21 aromatic rings. The van der Waals surface area contributed by atoms with E-state index in [1.165, 1.54) is 0 Å². The van der Waals surface area contributed by atoms with Crippen molar-refractivity contribution in [3.05, 3.63) is 254 Å². The smallest absolute Gasteiger partial charge is 0.136 e. The van der Waals surface area contributed by atoms with E-state index in [1.54, 1.807) is 0 Å². The molecule has 0 bridgehead atoms. The molecule has 13 aromatic carbocycles. The van der Waals surface area contributed by atoms with Gasteiger partial charge in [-0.15, -0.1) is 0 Å². The molecule has 0 atom stereocenters. The number of furan rings is 4. The predicted molar refractivity (Wildman–Crippen MR) is 362 cm³/mol. The second-order valence-electron chi connectivity index (χ2n) is 23.6. The van der Waals surface area contributed by atoms with Crippen LogP contribution in [0.5, 0.6) is 0 Å². The number of hydrogen-bond acceptors (Lipinski definition) is 6. The predicted octanol–water partition coefficient (Wildman–Crippen LogP) is 21.4. The summed E-state index contributed by atoms with van der Waals surface area (Å²) < 4.78 is 35.7. The average Bonchev–Trinajstić information content (AvgIpc) is 1.49. The molecule has 0 fully saturated rings. The normalized spacial score (nSPS) is 12.4. The molecule has 10 nitrogen and oxygen atoms in total. The molecular weight excluding hydrogens is 1110 g/mol. The molecule has 0 aliphatic carbocycles. The first kappa shape index (κ1) is 47.5. The Morgan fingerprint density at radius 1 is 0.200 bits per heavy atom. The summed E-state index contributed by atoms with van der Waals surface area (Å²) in [6.45, 7) is 0. The molecule has 0 spiro atoms. The Morgan fingerprint density at radius 3 is 0.644 bits per heavy atom. The molecule has 0 radical (unpaired) electrons. The van der Waals surface area contributed by atoms with Crippen LogP contribution in [0.3, 0.4) is 0 Å². The fraction of sp³-hybridized carbons (Fsp3) is 0. The van der Waals surface area contributed by atoms with Gasteiger partial charge in [0.25, 0.3) is 0 Å². The standard InChI is InChI=1S/C80H40N6O4/c81-41-59-77(83-61-25-9-1-17-43(61)51-37-73-55(33-65(51)83)47-21-5-13-29-69(47)87-73)78(84-62-26-10-2-18-44(62)52-38-74-56(34-66(52)84)48-22-6-14-30-70(48)88-74)60(42-82)80(86-64-28-12-4-20-46(64)54-40-76-58(36-68(54)86)50-24-8-16-32-72(50)90-76)79(59)85-63-27-11-3-19-45(63)53-39-75-57(35-67(53)85)49-23-7-15-31-71(49)89-75/h1-40H. The molecule has 0 N–H and O–H groups in total. The largest absolute Gasteiger partial charge is 0.456 e. The number of benzene rings is 13. The second-order valence-corrected chi connectivity index (χ2v) is 23.6. The van der Waals surface area contributed by atoms with E-state index in [0.29, 0.717) is 33.9 Å². The van der Waals surface area contributed by atoms with Crippen molar-refractivity contribution < 1.29 is 17.7 Å². The monoisotopic (exact) mass is 1150 g/mol. The number of nitrogens with zero attached hydrogens (tertiary/aromatic N) is 6. The third-order valence-electron chi connectivity index (χ3n) is 19.2. The van der Waals surface area contributed by atoms with Gasteiger partial charge in [0.1, 0.15) is 67.9 Å². The molecule has 8 heterocycles. The van der Waals surface area contributed by atoms with Gasteiger partial charge in [0.2, 0.25) is 0 Å². The van der Waals surface area contributed by atoms with Crippen molar-refractivity contribution in [2.24, 2.45) is 0 Å². The van der Waals surface area contributed by atoms with Crippen LogP contribution in [0.25, 0.3) is 198 Å². The summed E-state index contributed by atoms with van der Waals surface area (Å²) in [5.41, 5.74) is 15.5. The highest BCUT2D eigenvalue weighted by molar-refractivity contribution is 6.23. The summed E-state index contributed by atoms with van der Waals surface area (Å²) in [5, 5.41) is 41.5. The van der Waals surface area contributed by atoms with Gasteiger partial charge in [-0.3, -0.25) is 0 Å². The first-order valence-corrected chi connectivity index (χ1v) is 30.0. The maximum atomic E-state index is 13.2. The molecule has 0 saturated heterocycles. The summed E-state index contributed by atoms with van der Waals surface area (Å²) in [4.78, 5) is 0. The van der Waals surface area contributed by atoms with Gasteiger partial charge in [-0.05, 0) is 97.1 Å². The van der Waals surface area contributed by atoms with Crippen LogP contribution >= 0.6 is 0 Å². The van der Waals surface area contributed by atoms with E-state index in [0.717, 1.165) is 175 Å². The Morgan fingerprint density at radius 2 is 0.411 bits per heavy atom. The minimum atomic E-state index is 0.333. The van der Waals surface area contributed by atoms with Crippen molar-refractivity contribution in [3.8, 4) is 34.9 Å². The summed E-state index contributed by atoms with van der Waals surface area (Å²) in [5.74, 6) is 0. The third-order valence-corrected chi connectivity index (χ3v) is 19.2. The van der Waals surface area contributed by atoms with Gasteiger partial charge in [-0.1, -0.05) is 146 Å². The molecule has 0 saturated carbocycles. The summed E-state index contributed by atoms with van der Waals surface area (Å²) in [6.07, 6.45) is 0. The Labute approximate surface area is 507 Å². The van der Waals surface area contributed by atoms with Crippen molar-refractivity contribution in [2.45, 2.75) is 0 Å². The molecule has 8 aromatic heterocycles. The number of rotatable bonds is 4. The zero-order valence-corrected chi connectivity index (χ0v) is 47.4. The number of nitriles is 2. The summed E-state index contributed by atoms with van der Waals surface area (Å²) >= 11 is 0. The highest BCUT2D eigenvalue weighted by Gasteiger charge is 2.36. The van der Waals surface area contributed by atoms with Crippen molar-refractivity contribution in [1.82, 2.24) is 18.3 Å². The van der Waals surface area contributed by atoms with Crippen molar-refractivity contribution in [2.75, 3.05) is 0 Å². The Kier molecular flexibility index (Phi) is 8.98. The van der Waals surface area contributed by atoms with Gasteiger partial charge in [-0.2, -0.15) is 10.5 Å². The van der Waals surface area contributed by atoms with E-state index in [9.17, 15) is 10.5 Å². The Hall–Kier alpha value is -12.8. The van der Waals surface area contributed by atoms with Crippen LogP contribution in [0, 0.1) is 22.7 Å². The fourth-order valence-corrected chi connectivity index (χ4v) is 15.5. The lowest BCUT2D eigenvalue weighted by atomic mass is 9.98. The van der Waals surface area contributed by atoms with Crippen LogP contribution in [-0.4, -0.2) is 18.3 Å². The molecule has 90 heavy (non-hydrogen) atoms.